The largest absolute Gasteiger partial charge is 0.382 e. The van der Waals surface area contributed by atoms with Crippen LogP contribution in [0.5, 0.6) is 0 Å². The summed E-state index contributed by atoms with van der Waals surface area (Å²) >= 11 is 0. The van der Waals surface area contributed by atoms with Crippen LogP contribution in [0.1, 0.15) is 12.0 Å². The van der Waals surface area contributed by atoms with Gasteiger partial charge in [0, 0.05) is 20.2 Å². The van der Waals surface area contributed by atoms with Crippen LogP contribution in [0, 0.1) is 0 Å². The van der Waals surface area contributed by atoms with Gasteiger partial charge in [-0.3, -0.25) is 0 Å². The zero-order valence-corrected chi connectivity index (χ0v) is 12.8. The van der Waals surface area contributed by atoms with Crippen molar-refractivity contribution in [2.24, 2.45) is 0 Å². The Bertz CT molecular complexity index is 320. The number of benzene rings is 1. The minimum Gasteiger partial charge on any atom is -0.382 e. The third-order valence-electron chi connectivity index (χ3n) is 3.04. The molecule has 0 aliphatic heterocycles. The van der Waals surface area contributed by atoms with Gasteiger partial charge in [-0.15, -0.1) is 0 Å². The van der Waals surface area contributed by atoms with Crippen molar-refractivity contribution < 1.29 is 9.47 Å². The van der Waals surface area contributed by atoms with Crippen molar-refractivity contribution in [3.63, 3.8) is 0 Å². The number of nitrogens with zero attached hydrogens (tertiary/aromatic N) is 1. The van der Waals surface area contributed by atoms with Gasteiger partial charge in [-0.25, -0.2) is 0 Å². The van der Waals surface area contributed by atoms with Gasteiger partial charge >= 0.3 is 0 Å². The third-order valence-corrected chi connectivity index (χ3v) is 3.04. The monoisotopic (exact) mass is 280 g/mol. The average Bonchev–Trinajstić information content (AvgIpc) is 2.46. The Morgan fingerprint density at radius 3 is 2.60 bits per heavy atom. The fourth-order valence-electron chi connectivity index (χ4n) is 1.96. The Balaban J connectivity index is 1.91. The van der Waals surface area contributed by atoms with Gasteiger partial charge in [0.2, 0.25) is 0 Å². The van der Waals surface area contributed by atoms with Crippen molar-refractivity contribution in [2.45, 2.75) is 13.0 Å². The summed E-state index contributed by atoms with van der Waals surface area (Å²) in [6.07, 6.45) is 1.15. The molecule has 0 heterocycles. The van der Waals surface area contributed by atoms with E-state index in [1.54, 1.807) is 7.11 Å². The maximum Gasteiger partial charge on any atom is 0.0700 e. The van der Waals surface area contributed by atoms with E-state index in [-0.39, 0.29) is 0 Å². The molecule has 1 rings (SSSR count). The molecule has 0 aliphatic rings. The summed E-state index contributed by atoms with van der Waals surface area (Å²) < 4.78 is 10.3. The smallest absolute Gasteiger partial charge is 0.0700 e. The first kappa shape index (κ1) is 17.1. The van der Waals surface area contributed by atoms with Crippen molar-refractivity contribution in [2.75, 3.05) is 53.6 Å². The lowest BCUT2D eigenvalue weighted by Crippen LogP contribution is -2.26. The van der Waals surface area contributed by atoms with Crippen molar-refractivity contribution in [1.29, 1.82) is 0 Å². The Kier molecular flexibility index (Phi) is 10.1. The molecular formula is C16H28N2O2. The van der Waals surface area contributed by atoms with Gasteiger partial charge in [0.25, 0.3) is 0 Å². The number of ether oxygens (including phenoxy) is 2. The van der Waals surface area contributed by atoms with Crippen LogP contribution < -0.4 is 5.32 Å². The zero-order chi connectivity index (χ0) is 14.5. The molecule has 1 N–H and O–H groups in total. The van der Waals surface area contributed by atoms with Gasteiger partial charge in [0.1, 0.15) is 0 Å². The highest BCUT2D eigenvalue weighted by molar-refractivity contribution is 5.14. The van der Waals surface area contributed by atoms with E-state index in [1.807, 2.05) is 0 Å². The fraction of sp³-hybridized carbons (Fsp3) is 0.625. The molecule has 0 aliphatic carbocycles. The van der Waals surface area contributed by atoms with E-state index in [0.29, 0.717) is 13.2 Å². The van der Waals surface area contributed by atoms with Crippen LogP contribution in [0.4, 0.5) is 0 Å². The molecule has 4 heteroatoms. The first-order valence-corrected chi connectivity index (χ1v) is 7.33. The van der Waals surface area contributed by atoms with Crippen LogP contribution in [-0.2, 0) is 16.0 Å². The Morgan fingerprint density at radius 1 is 1.05 bits per heavy atom. The molecule has 1 aromatic rings. The molecule has 0 aromatic heterocycles. The molecule has 0 saturated heterocycles. The number of methoxy groups -OCH3 is 1. The summed E-state index contributed by atoms with van der Waals surface area (Å²) in [4.78, 5) is 2.35. The second-order valence-electron chi connectivity index (χ2n) is 4.93. The molecule has 0 radical (unpaired) electrons. The van der Waals surface area contributed by atoms with Crippen LogP contribution in [0.25, 0.3) is 0 Å². The maximum absolute atomic E-state index is 5.38. The summed E-state index contributed by atoms with van der Waals surface area (Å²) in [6, 6.07) is 10.6. The van der Waals surface area contributed by atoms with E-state index in [4.69, 9.17) is 9.47 Å². The molecule has 0 fully saturated rings. The van der Waals surface area contributed by atoms with Gasteiger partial charge in [-0.05, 0) is 32.1 Å². The van der Waals surface area contributed by atoms with Crippen molar-refractivity contribution in [1.82, 2.24) is 10.2 Å². The summed E-state index contributed by atoms with van der Waals surface area (Å²) in [5, 5.41) is 3.39. The Morgan fingerprint density at radius 2 is 1.85 bits per heavy atom. The number of nitrogens with one attached hydrogen (secondary N) is 1. The molecule has 0 amide bonds. The molecule has 4 nitrogen and oxygen atoms in total. The van der Waals surface area contributed by atoms with Gasteiger partial charge in [-0.2, -0.15) is 0 Å². The fourth-order valence-corrected chi connectivity index (χ4v) is 1.96. The van der Waals surface area contributed by atoms with Crippen molar-refractivity contribution in [3.05, 3.63) is 35.9 Å². The number of rotatable bonds is 12. The lowest BCUT2D eigenvalue weighted by Gasteiger charge is -2.16. The van der Waals surface area contributed by atoms with E-state index in [0.717, 1.165) is 39.2 Å². The van der Waals surface area contributed by atoms with Crippen LogP contribution in [-0.4, -0.2) is 58.5 Å². The second-order valence-corrected chi connectivity index (χ2v) is 4.93. The SMILES string of the molecule is COCCOCCNCCCN(C)Cc1ccccc1. The van der Waals surface area contributed by atoms with Gasteiger partial charge in [-0.1, -0.05) is 30.3 Å². The Hall–Kier alpha value is -0.940. The summed E-state index contributed by atoms with van der Waals surface area (Å²) in [7, 11) is 3.86. The van der Waals surface area contributed by atoms with Crippen LogP contribution in [0.15, 0.2) is 30.3 Å². The van der Waals surface area contributed by atoms with Crippen molar-refractivity contribution in [3.8, 4) is 0 Å². The molecule has 0 spiro atoms. The number of hydrogen-bond donors (Lipinski definition) is 1. The van der Waals surface area contributed by atoms with E-state index in [9.17, 15) is 0 Å². The first-order valence-electron chi connectivity index (χ1n) is 7.33. The summed E-state index contributed by atoms with van der Waals surface area (Å²) in [5.74, 6) is 0. The minimum absolute atomic E-state index is 0.671. The first-order chi connectivity index (χ1) is 9.83. The topological polar surface area (TPSA) is 33.7 Å². The van der Waals surface area contributed by atoms with Gasteiger partial charge < -0.3 is 19.7 Å². The molecule has 0 saturated carbocycles. The van der Waals surface area contributed by atoms with E-state index >= 15 is 0 Å². The Labute approximate surface area is 123 Å². The van der Waals surface area contributed by atoms with Crippen LogP contribution in [0.3, 0.4) is 0 Å². The van der Waals surface area contributed by atoms with E-state index in [2.05, 4.69) is 47.6 Å². The maximum atomic E-state index is 5.38. The molecular weight excluding hydrogens is 252 g/mol. The number of hydrogen-bond acceptors (Lipinski definition) is 4. The lowest BCUT2D eigenvalue weighted by molar-refractivity contribution is 0.0720. The third kappa shape index (κ3) is 9.04. The summed E-state index contributed by atoms with van der Waals surface area (Å²) in [5.41, 5.74) is 1.37. The molecule has 1 aromatic carbocycles. The minimum atomic E-state index is 0.671. The predicted octanol–water partition coefficient (Wildman–Crippen LogP) is 1.76. The van der Waals surface area contributed by atoms with Gasteiger partial charge in [0.05, 0.1) is 19.8 Å². The van der Waals surface area contributed by atoms with Crippen LogP contribution >= 0.6 is 0 Å². The van der Waals surface area contributed by atoms with Crippen LogP contribution in [0.2, 0.25) is 0 Å². The highest BCUT2D eigenvalue weighted by atomic mass is 16.5. The quantitative estimate of drug-likeness (QED) is 0.592. The highest BCUT2D eigenvalue weighted by Crippen LogP contribution is 2.02. The molecule has 0 bridgehead atoms. The average molecular weight is 280 g/mol. The predicted molar refractivity (Wildman–Crippen MR) is 83.0 cm³/mol. The standard InChI is InChI=1S/C16H28N2O2/c1-18(15-16-7-4-3-5-8-16)11-6-9-17-10-12-20-14-13-19-2/h3-5,7-8,17H,6,9-15H2,1-2H3. The normalized spacial score (nSPS) is 11.2. The zero-order valence-electron chi connectivity index (χ0n) is 12.8. The molecule has 20 heavy (non-hydrogen) atoms. The lowest BCUT2D eigenvalue weighted by atomic mass is 10.2. The molecule has 0 atom stereocenters. The van der Waals surface area contributed by atoms with Gasteiger partial charge in [0.15, 0.2) is 0 Å². The summed E-state index contributed by atoms with van der Waals surface area (Å²) in [6.45, 7) is 6.16. The van der Waals surface area contributed by atoms with E-state index in [1.165, 1.54) is 5.56 Å². The van der Waals surface area contributed by atoms with Crippen molar-refractivity contribution >= 4 is 0 Å². The van der Waals surface area contributed by atoms with E-state index < -0.39 is 0 Å². The molecule has 114 valence electrons. The second kappa shape index (κ2) is 11.9. The highest BCUT2D eigenvalue weighted by Gasteiger charge is 1.99. The molecule has 0 unspecified atom stereocenters.